The van der Waals surface area contributed by atoms with Gasteiger partial charge in [0.15, 0.2) is 0 Å². The van der Waals surface area contributed by atoms with Crippen molar-refractivity contribution in [3.8, 4) is 0 Å². The van der Waals surface area contributed by atoms with Crippen LogP contribution in [0.1, 0.15) is 156 Å². The lowest BCUT2D eigenvalue weighted by Crippen LogP contribution is -2.23. The van der Waals surface area contributed by atoms with Crippen molar-refractivity contribution in [2.45, 2.75) is 162 Å². The molecule has 1 unspecified atom stereocenters. The monoisotopic (exact) mass is 491 g/mol. The summed E-state index contributed by atoms with van der Waals surface area (Å²) in [6.45, 7) is 11.5. The average molecular weight is 491 g/mol. The summed E-state index contributed by atoms with van der Waals surface area (Å²) in [4.78, 5) is 0. The van der Waals surface area contributed by atoms with Crippen LogP contribution >= 0.6 is 0 Å². The first-order valence-corrected chi connectivity index (χ1v) is 15.0. The molecule has 0 aromatic rings. The van der Waals surface area contributed by atoms with Crippen molar-refractivity contribution in [1.82, 2.24) is 0 Å². The zero-order valence-corrected chi connectivity index (χ0v) is 24.3. The maximum atomic E-state index is 8.34. The van der Waals surface area contributed by atoms with Crippen LogP contribution < -0.4 is 22.9 Å². The van der Waals surface area contributed by atoms with Gasteiger partial charge in [-0.1, -0.05) is 130 Å². The van der Waals surface area contributed by atoms with Gasteiger partial charge in [0.25, 0.3) is 0 Å². The number of aliphatic hydroxyl groups excluding tert-OH is 1. The van der Waals surface area contributed by atoms with E-state index in [-0.39, 0.29) is 12.6 Å². The van der Waals surface area contributed by atoms with Crippen LogP contribution in [0.25, 0.3) is 0 Å². The summed E-state index contributed by atoms with van der Waals surface area (Å²) < 4.78 is 0. The Labute approximate surface area is 216 Å². The van der Waals surface area contributed by atoms with E-state index < -0.39 is 0 Å². The van der Waals surface area contributed by atoms with Crippen LogP contribution in [0.2, 0.25) is 0 Å². The molecule has 0 aromatic carbocycles. The molecule has 0 aliphatic carbocycles. The van der Waals surface area contributed by atoms with Gasteiger partial charge in [0.1, 0.15) is 0 Å². The lowest BCUT2D eigenvalue weighted by atomic mass is 10.1. The van der Waals surface area contributed by atoms with E-state index in [9.17, 15) is 0 Å². The summed E-state index contributed by atoms with van der Waals surface area (Å²) in [6.07, 6.45) is 26.1. The lowest BCUT2D eigenvalue weighted by Gasteiger charge is -2.02. The summed E-state index contributed by atoms with van der Waals surface area (Å²) in [5, 5.41) is 8.34. The first-order valence-electron chi connectivity index (χ1n) is 15.0. The van der Waals surface area contributed by atoms with Crippen molar-refractivity contribution in [1.29, 1.82) is 0 Å². The Hall–Kier alpha value is -0.200. The normalized spacial score (nSPS) is 10.9. The minimum atomic E-state index is 0.00463. The van der Waals surface area contributed by atoms with E-state index in [1.165, 1.54) is 116 Å². The van der Waals surface area contributed by atoms with Gasteiger partial charge in [-0.05, 0) is 45.3 Å². The summed E-state index contributed by atoms with van der Waals surface area (Å²) in [5.74, 6) is 0. The molecule has 9 N–H and O–H groups in total. The molecule has 0 bridgehead atoms. The van der Waals surface area contributed by atoms with Crippen LogP contribution in [-0.4, -0.2) is 37.4 Å². The predicted molar refractivity (Wildman–Crippen MR) is 157 cm³/mol. The Balaban J connectivity index is -0.000000178. The van der Waals surface area contributed by atoms with Gasteiger partial charge in [-0.3, -0.25) is 0 Å². The second kappa shape index (κ2) is 46.2. The molecule has 0 aliphatic rings. The quantitative estimate of drug-likeness (QED) is 0.110. The highest BCUT2D eigenvalue weighted by Crippen LogP contribution is 2.06. The van der Waals surface area contributed by atoms with Crippen LogP contribution in [0.3, 0.4) is 0 Å². The average Bonchev–Trinajstić information content (AvgIpc) is 2.85. The largest absolute Gasteiger partial charge is 0.395 e. The van der Waals surface area contributed by atoms with Crippen molar-refractivity contribution in [3.05, 3.63) is 0 Å². The topological polar surface area (TPSA) is 124 Å². The highest BCUT2D eigenvalue weighted by molar-refractivity contribution is 4.55. The minimum Gasteiger partial charge on any atom is -0.395 e. The lowest BCUT2D eigenvalue weighted by molar-refractivity contribution is 0.259. The Morgan fingerprint density at radius 3 is 0.882 bits per heavy atom. The number of rotatable bonds is 21. The molecule has 0 fully saturated rings. The number of hydrogen-bond donors (Lipinski definition) is 5. The molecule has 0 amide bonds. The molecule has 0 aliphatic heterocycles. The first kappa shape index (κ1) is 40.9. The third kappa shape index (κ3) is 58.0. The Morgan fingerprint density at radius 1 is 0.441 bits per heavy atom. The van der Waals surface area contributed by atoms with Gasteiger partial charge in [-0.15, -0.1) is 0 Å². The Kier molecular flexibility index (Phi) is 55.6. The summed E-state index contributed by atoms with van der Waals surface area (Å²) >= 11 is 0. The SMILES string of the molecule is CCCC(N)CO.CCCCCCCCCN.CCCCCCCCN.CCCCCCCN. The minimum absolute atomic E-state index is 0.00463. The molecular formula is C29H70N4O. The Morgan fingerprint density at radius 2 is 0.706 bits per heavy atom. The highest BCUT2D eigenvalue weighted by Gasteiger charge is 1.94. The van der Waals surface area contributed by atoms with Gasteiger partial charge < -0.3 is 28.0 Å². The van der Waals surface area contributed by atoms with E-state index >= 15 is 0 Å². The van der Waals surface area contributed by atoms with Crippen LogP contribution in [-0.2, 0) is 0 Å². The predicted octanol–water partition coefficient (Wildman–Crippen LogP) is 7.02. The van der Waals surface area contributed by atoms with E-state index in [4.69, 9.17) is 28.0 Å². The van der Waals surface area contributed by atoms with E-state index in [1.807, 2.05) is 0 Å². The van der Waals surface area contributed by atoms with E-state index in [0.29, 0.717) is 0 Å². The molecule has 0 spiro atoms. The van der Waals surface area contributed by atoms with E-state index in [2.05, 4.69) is 27.7 Å². The van der Waals surface area contributed by atoms with Gasteiger partial charge in [-0.25, -0.2) is 0 Å². The third-order valence-corrected chi connectivity index (χ3v) is 5.57. The fraction of sp³-hybridized carbons (Fsp3) is 1.00. The number of unbranched alkanes of at least 4 members (excludes halogenated alkanes) is 15. The molecule has 0 heterocycles. The fourth-order valence-corrected chi connectivity index (χ4v) is 3.24. The number of aliphatic hydroxyl groups is 1. The summed E-state index contributed by atoms with van der Waals surface area (Å²) in [5.41, 5.74) is 21.4. The van der Waals surface area contributed by atoms with Gasteiger partial charge in [0.05, 0.1) is 6.61 Å². The number of nitrogens with two attached hydrogens (primary N) is 4. The molecule has 34 heavy (non-hydrogen) atoms. The molecule has 0 aromatic heterocycles. The standard InChI is InChI=1S/C9H21N.C8H19N.C7H17N.C5H13NO/c1-2-3-4-5-6-7-8-9-10;1-2-3-4-5-6-7-8-9;1-2-3-4-5-6-7-8;1-2-3-5(6)4-7/h2-10H2,1H3;2-9H2,1H3;2-8H2,1H3;5,7H,2-4,6H2,1H3. The van der Waals surface area contributed by atoms with Gasteiger partial charge in [0.2, 0.25) is 0 Å². The van der Waals surface area contributed by atoms with Crippen molar-refractivity contribution < 1.29 is 5.11 Å². The zero-order chi connectivity index (χ0) is 26.5. The van der Waals surface area contributed by atoms with E-state index in [1.54, 1.807) is 0 Å². The van der Waals surface area contributed by atoms with Crippen molar-refractivity contribution >= 4 is 0 Å². The van der Waals surface area contributed by atoms with E-state index in [0.717, 1.165) is 32.5 Å². The third-order valence-electron chi connectivity index (χ3n) is 5.57. The van der Waals surface area contributed by atoms with Gasteiger partial charge in [-0.2, -0.15) is 0 Å². The maximum Gasteiger partial charge on any atom is 0.0582 e. The molecule has 5 heteroatoms. The summed E-state index contributed by atoms with van der Waals surface area (Å²) in [7, 11) is 0. The second-order valence-electron chi connectivity index (χ2n) is 9.40. The molecule has 1 atom stereocenters. The maximum absolute atomic E-state index is 8.34. The second-order valence-corrected chi connectivity index (χ2v) is 9.40. The molecular weight excluding hydrogens is 420 g/mol. The van der Waals surface area contributed by atoms with Crippen molar-refractivity contribution in [2.75, 3.05) is 26.2 Å². The van der Waals surface area contributed by atoms with Crippen molar-refractivity contribution in [3.63, 3.8) is 0 Å². The van der Waals surface area contributed by atoms with Crippen LogP contribution in [0, 0.1) is 0 Å². The molecule has 0 saturated heterocycles. The van der Waals surface area contributed by atoms with Gasteiger partial charge in [0, 0.05) is 6.04 Å². The molecule has 0 radical (unpaired) electrons. The van der Waals surface area contributed by atoms with Gasteiger partial charge >= 0.3 is 0 Å². The molecule has 0 rings (SSSR count). The smallest absolute Gasteiger partial charge is 0.0582 e. The van der Waals surface area contributed by atoms with Crippen LogP contribution in [0.15, 0.2) is 0 Å². The first-order chi connectivity index (χ1) is 16.6. The van der Waals surface area contributed by atoms with Crippen LogP contribution in [0.5, 0.6) is 0 Å². The fourth-order valence-electron chi connectivity index (χ4n) is 3.24. The highest BCUT2D eigenvalue weighted by atomic mass is 16.3. The molecule has 0 saturated carbocycles. The van der Waals surface area contributed by atoms with Crippen LogP contribution in [0.4, 0.5) is 0 Å². The molecule has 5 nitrogen and oxygen atoms in total. The number of hydrogen-bond acceptors (Lipinski definition) is 5. The molecule has 212 valence electrons. The zero-order valence-electron chi connectivity index (χ0n) is 24.3. The van der Waals surface area contributed by atoms with Crippen molar-refractivity contribution in [2.24, 2.45) is 22.9 Å². The summed E-state index contributed by atoms with van der Waals surface area (Å²) in [6, 6.07) is 0.00463. The Bertz CT molecular complexity index is 261.